The molecule has 2 heterocycles. The van der Waals surface area contributed by atoms with Gasteiger partial charge in [-0.05, 0) is 56.0 Å². The molecule has 1 aliphatic heterocycles. The summed E-state index contributed by atoms with van der Waals surface area (Å²) in [4.78, 5) is 18.2. The van der Waals surface area contributed by atoms with Crippen molar-refractivity contribution in [2.45, 2.75) is 39.3 Å². The normalized spacial score (nSPS) is 15.0. The van der Waals surface area contributed by atoms with Crippen molar-refractivity contribution in [1.29, 1.82) is 0 Å². The van der Waals surface area contributed by atoms with Crippen LogP contribution in [0.2, 0.25) is 0 Å². The van der Waals surface area contributed by atoms with Crippen LogP contribution in [0.15, 0.2) is 40.8 Å². The molecule has 0 atom stereocenters. The van der Waals surface area contributed by atoms with Crippen molar-refractivity contribution in [2.24, 2.45) is 0 Å². The van der Waals surface area contributed by atoms with E-state index in [9.17, 15) is 4.79 Å². The molecule has 32 heavy (non-hydrogen) atoms. The highest BCUT2D eigenvalue weighted by molar-refractivity contribution is 5.77. The SMILES string of the molecule is CCOc1cc(CN2CCC(Nc3nc4ccc(OC(=O)OC)cc4o3)CC2)ccc1C. The Morgan fingerprint density at radius 3 is 2.78 bits per heavy atom. The van der Waals surface area contributed by atoms with Crippen LogP contribution in [0.25, 0.3) is 11.1 Å². The largest absolute Gasteiger partial charge is 0.513 e. The molecule has 0 aliphatic carbocycles. The lowest BCUT2D eigenvalue weighted by Crippen LogP contribution is -2.38. The Balaban J connectivity index is 1.31. The molecule has 0 radical (unpaired) electrons. The number of anilines is 1. The molecular formula is C24H29N3O5. The highest BCUT2D eigenvalue weighted by atomic mass is 16.7. The Labute approximate surface area is 187 Å². The van der Waals surface area contributed by atoms with Gasteiger partial charge in [0, 0.05) is 31.7 Å². The highest BCUT2D eigenvalue weighted by Gasteiger charge is 2.21. The average molecular weight is 440 g/mol. The van der Waals surface area contributed by atoms with Gasteiger partial charge in [-0.3, -0.25) is 4.90 Å². The van der Waals surface area contributed by atoms with Crippen LogP contribution in [-0.4, -0.2) is 48.9 Å². The summed E-state index contributed by atoms with van der Waals surface area (Å²) in [5, 5.41) is 3.40. The van der Waals surface area contributed by atoms with Crippen molar-refractivity contribution in [2.75, 3.05) is 32.1 Å². The standard InChI is InChI=1S/C24H29N3O5/c1-4-30-21-13-17(6-5-16(21)2)15-27-11-9-18(10-12-27)25-23-26-20-8-7-19(14-22(20)32-23)31-24(28)29-3/h5-8,13-14,18H,4,9-12,15H2,1-3H3,(H,25,26). The Kier molecular flexibility index (Phi) is 6.80. The smallest absolute Gasteiger partial charge is 0.494 e. The molecule has 8 nitrogen and oxygen atoms in total. The first-order chi connectivity index (χ1) is 15.5. The lowest BCUT2D eigenvalue weighted by molar-refractivity contribution is 0.121. The van der Waals surface area contributed by atoms with Gasteiger partial charge in [0.05, 0.1) is 13.7 Å². The topological polar surface area (TPSA) is 86.1 Å². The van der Waals surface area contributed by atoms with Crippen LogP contribution in [0.4, 0.5) is 10.8 Å². The van der Waals surface area contributed by atoms with Gasteiger partial charge in [-0.25, -0.2) is 4.79 Å². The number of nitrogens with zero attached hydrogens (tertiary/aromatic N) is 2. The molecule has 3 aromatic rings. The van der Waals surface area contributed by atoms with Crippen molar-refractivity contribution in [3.63, 3.8) is 0 Å². The highest BCUT2D eigenvalue weighted by Crippen LogP contribution is 2.26. The Morgan fingerprint density at radius 1 is 1.22 bits per heavy atom. The molecule has 1 aliphatic rings. The number of aryl methyl sites for hydroxylation is 1. The van der Waals surface area contributed by atoms with E-state index < -0.39 is 6.16 Å². The fraction of sp³-hybridized carbons (Fsp3) is 0.417. The van der Waals surface area contributed by atoms with Crippen LogP contribution in [0.1, 0.15) is 30.9 Å². The lowest BCUT2D eigenvalue weighted by atomic mass is 10.0. The number of oxazole rings is 1. The molecule has 0 bridgehead atoms. The summed E-state index contributed by atoms with van der Waals surface area (Å²) in [6.45, 7) is 7.66. The molecule has 1 saturated heterocycles. The molecule has 8 heteroatoms. The maximum absolute atomic E-state index is 11.3. The summed E-state index contributed by atoms with van der Waals surface area (Å²) in [6.07, 6.45) is 1.23. The Hall–Kier alpha value is -3.26. The zero-order chi connectivity index (χ0) is 22.5. The molecular weight excluding hydrogens is 410 g/mol. The number of likely N-dealkylation sites (tertiary alicyclic amines) is 1. The third-order valence-corrected chi connectivity index (χ3v) is 5.60. The number of hydrogen-bond donors (Lipinski definition) is 1. The predicted molar refractivity (Wildman–Crippen MR) is 121 cm³/mol. The zero-order valence-corrected chi connectivity index (χ0v) is 18.7. The molecule has 1 N–H and O–H groups in total. The number of ether oxygens (including phenoxy) is 3. The van der Waals surface area contributed by atoms with E-state index in [0.29, 0.717) is 35.5 Å². The fourth-order valence-corrected chi connectivity index (χ4v) is 3.89. The molecule has 0 unspecified atom stereocenters. The summed E-state index contributed by atoms with van der Waals surface area (Å²) in [7, 11) is 1.27. The number of hydrogen-bond acceptors (Lipinski definition) is 8. The van der Waals surface area contributed by atoms with Crippen molar-refractivity contribution in [3.8, 4) is 11.5 Å². The Morgan fingerprint density at radius 2 is 2.03 bits per heavy atom. The number of nitrogens with one attached hydrogen (secondary N) is 1. The second-order valence-electron chi connectivity index (χ2n) is 7.93. The quantitative estimate of drug-likeness (QED) is 0.417. The third-order valence-electron chi connectivity index (χ3n) is 5.60. The number of fused-ring (bicyclic) bond motifs is 1. The average Bonchev–Trinajstić information content (AvgIpc) is 3.19. The molecule has 0 saturated carbocycles. The van der Waals surface area contributed by atoms with Gasteiger partial charge in [-0.1, -0.05) is 12.1 Å². The second-order valence-corrected chi connectivity index (χ2v) is 7.93. The van der Waals surface area contributed by atoms with E-state index in [-0.39, 0.29) is 0 Å². The van der Waals surface area contributed by atoms with Gasteiger partial charge < -0.3 is 23.9 Å². The monoisotopic (exact) mass is 439 g/mol. The van der Waals surface area contributed by atoms with Gasteiger partial charge in [0.25, 0.3) is 6.01 Å². The first kappa shape index (κ1) is 22.0. The molecule has 170 valence electrons. The fourth-order valence-electron chi connectivity index (χ4n) is 3.89. The second kappa shape index (κ2) is 9.91. The van der Waals surface area contributed by atoms with Gasteiger partial charge >= 0.3 is 6.16 Å². The van der Waals surface area contributed by atoms with E-state index in [0.717, 1.165) is 38.2 Å². The first-order valence-corrected chi connectivity index (χ1v) is 10.9. The van der Waals surface area contributed by atoms with E-state index in [1.807, 2.05) is 6.92 Å². The van der Waals surface area contributed by atoms with E-state index in [1.165, 1.54) is 18.2 Å². The maximum atomic E-state index is 11.3. The molecule has 0 amide bonds. The van der Waals surface area contributed by atoms with Gasteiger partial charge in [0.1, 0.15) is 17.0 Å². The minimum atomic E-state index is -0.770. The van der Waals surface area contributed by atoms with Crippen LogP contribution in [0.3, 0.4) is 0 Å². The summed E-state index contributed by atoms with van der Waals surface area (Å²) < 4.78 is 21.1. The van der Waals surface area contributed by atoms with Crippen molar-refractivity contribution in [1.82, 2.24) is 9.88 Å². The summed E-state index contributed by atoms with van der Waals surface area (Å²) >= 11 is 0. The van der Waals surface area contributed by atoms with Crippen LogP contribution in [0.5, 0.6) is 11.5 Å². The van der Waals surface area contributed by atoms with Crippen molar-refractivity contribution in [3.05, 3.63) is 47.5 Å². The summed E-state index contributed by atoms with van der Waals surface area (Å²) in [6, 6.07) is 12.3. The molecule has 2 aromatic carbocycles. The minimum absolute atomic E-state index is 0.294. The van der Waals surface area contributed by atoms with Gasteiger partial charge in [0.2, 0.25) is 0 Å². The summed E-state index contributed by atoms with van der Waals surface area (Å²) in [5.41, 5.74) is 3.69. The van der Waals surface area contributed by atoms with Crippen LogP contribution >= 0.6 is 0 Å². The van der Waals surface area contributed by atoms with E-state index in [1.54, 1.807) is 18.2 Å². The number of carbonyl (C=O) groups is 1. The Bertz CT molecular complexity index is 1070. The minimum Gasteiger partial charge on any atom is -0.494 e. The van der Waals surface area contributed by atoms with E-state index >= 15 is 0 Å². The number of benzene rings is 2. The number of methoxy groups -OCH3 is 1. The van der Waals surface area contributed by atoms with Gasteiger partial charge in [0.15, 0.2) is 5.58 Å². The molecule has 4 rings (SSSR count). The zero-order valence-electron chi connectivity index (χ0n) is 18.7. The maximum Gasteiger partial charge on any atom is 0.513 e. The van der Waals surface area contributed by atoms with Gasteiger partial charge in [-0.15, -0.1) is 0 Å². The lowest BCUT2D eigenvalue weighted by Gasteiger charge is -2.32. The number of aromatic nitrogens is 1. The van der Waals surface area contributed by atoms with Gasteiger partial charge in [-0.2, -0.15) is 4.98 Å². The van der Waals surface area contributed by atoms with E-state index in [4.69, 9.17) is 13.9 Å². The van der Waals surface area contributed by atoms with Crippen LogP contribution in [-0.2, 0) is 11.3 Å². The third kappa shape index (κ3) is 5.31. The van der Waals surface area contributed by atoms with E-state index in [2.05, 4.69) is 45.1 Å². The number of piperidine rings is 1. The van der Waals surface area contributed by atoms with Crippen LogP contribution < -0.4 is 14.8 Å². The van der Waals surface area contributed by atoms with Crippen LogP contribution in [0, 0.1) is 6.92 Å². The molecule has 1 fully saturated rings. The summed E-state index contributed by atoms with van der Waals surface area (Å²) in [5.74, 6) is 1.32. The molecule has 1 aromatic heterocycles. The first-order valence-electron chi connectivity index (χ1n) is 10.9. The van der Waals surface area contributed by atoms with Crippen molar-refractivity contribution >= 4 is 23.3 Å². The molecule has 0 spiro atoms. The predicted octanol–water partition coefficient (Wildman–Crippen LogP) is 4.76. The number of rotatable bonds is 7. The number of carbonyl (C=O) groups excluding carboxylic acids is 1. The van der Waals surface area contributed by atoms with Crippen molar-refractivity contribution < 1.29 is 23.4 Å².